The van der Waals surface area contributed by atoms with Gasteiger partial charge in [-0.2, -0.15) is 0 Å². The summed E-state index contributed by atoms with van der Waals surface area (Å²) in [5.74, 6) is -0.569. The van der Waals surface area contributed by atoms with Crippen molar-refractivity contribution in [1.82, 2.24) is 10.6 Å². The summed E-state index contributed by atoms with van der Waals surface area (Å²) in [4.78, 5) is 22.2. The second-order valence-corrected chi connectivity index (χ2v) is 5.79. The molecule has 2 amide bonds. The minimum Gasteiger partial charge on any atom is -0.481 e. The van der Waals surface area contributed by atoms with E-state index in [1.165, 1.54) is 6.42 Å². The molecule has 0 bridgehead atoms. The summed E-state index contributed by atoms with van der Waals surface area (Å²) in [7, 11) is 0. The molecule has 4 N–H and O–H groups in total. The quantitative estimate of drug-likeness (QED) is 0.533. The van der Waals surface area contributed by atoms with Crippen molar-refractivity contribution in [2.75, 3.05) is 13.2 Å². The summed E-state index contributed by atoms with van der Waals surface area (Å²) < 4.78 is 0. The van der Waals surface area contributed by atoms with Gasteiger partial charge in [0.15, 0.2) is 0 Å². The normalized spacial score (nSPS) is 19.1. The highest BCUT2D eigenvalue weighted by molar-refractivity contribution is 5.75. The second-order valence-electron chi connectivity index (χ2n) is 5.79. The number of carbonyl (C=O) groups excluding carboxylic acids is 1. The van der Waals surface area contributed by atoms with Crippen LogP contribution in [0.25, 0.3) is 0 Å². The maximum Gasteiger partial charge on any atom is 0.315 e. The lowest BCUT2D eigenvalue weighted by atomic mass is 9.76. The van der Waals surface area contributed by atoms with Crippen LogP contribution in [-0.4, -0.2) is 40.9 Å². The third-order valence-electron chi connectivity index (χ3n) is 4.09. The molecule has 1 aliphatic rings. The molecule has 1 saturated carbocycles. The third kappa shape index (κ3) is 5.36. The van der Waals surface area contributed by atoms with Gasteiger partial charge in [0.05, 0.1) is 12.1 Å². The average molecular weight is 286 g/mol. The highest BCUT2D eigenvalue weighted by Crippen LogP contribution is 2.32. The van der Waals surface area contributed by atoms with Crippen LogP contribution < -0.4 is 10.6 Å². The minimum atomic E-state index is -0.866. The second kappa shape index (κ2) is 8.09. The van der Waals surface area contributed by atoms with Crippen molar-refractivity contribution in [2.24, 2.45) is 5.92 Å². The van der Waals surface area contributed by atoms with Crippen molar-refractivity contribution in [3.8, 4) is 0 Å². The van der Waals surface area contributed by atoms with Crippen molar-refractivity contribution < 1.29 is 19.8 Å². The fraction of sp³-hybridized carbons (Fsp3) is 0.857. The number of hydrogen-bond donors (Lipinski definition) is 4. The predicted molar refractivity (Wildman–Crippen MR) is 75.5 cm³/mol. The van der Waals surface area contributed by atoms with Crippen molar-refractivity contribution in [3.05, 3.63) is 0 Å². The van der Waals surface area contributed by atoms with Gasteiger partial charge in [-0.3, -0.25) is 4.79 Å². The number of carboxylic acid groups (broad SMARTS) is 1. The van der Waals surface area contributed by atoms with Gasteiger partial charge in [0.25, 0.3) is 0 Å². The largest absolute Gasteiger partial charge is 0.481 e. The highest BCUT2D eigenvalue weighted by atomic mass is 16.4. The molecule has 0 aromatic heterocycles. The van der Waals surface area contributed by atoms with E-state index in [9.17, 15) is 14.7 Å². The fourth-order valence-electron chi connectivity index (χ4n) is 2.76. The monoisotopic (exact) mass is 286 g/mol. The molecule has 0 aliphatic heterocycles. The maximum atomic E-state index is 11.8. The van der Waals surface area contributed by atoms with Gasteiger partial charge in [0, 0.05) is 13.0 Å². The first kappa shape index (κ1) is 16.8. The Morgan fingerprint density at radius 2 is 1.90 bits per heavy atom. The number of aliphatic hydroxyl groups is 1. The van der Waals surface area contributed by atoms with Gasteiger partial charge in [-0.25, -0.2) is 4.79 Å². The van der Waals surface area contributed by atoms with Crippen LogP contribution in [0, 0.1) is 5.92 Å². The summed E-state index contributed by atoms with van der Waals surface area (Å²) >= 11 is 0. The van der Waals surface area contributed by atoms with Crippen molar-refractivity contribution in [2.45, 2.75) is 57.4 Å². The Hall–Kier alpha value is -1.30. The molecule has 20 heavy (non-hydrogen) atoms. The molecule has 1 rings (SSSR count). The van der Waals surface area contributed by atoms with E-state index in [2.05, 4.69) is 10.6 Å². The van der Waals surface area contributed by atoms with Gasteiger partial charge in [-0.05, 0) is 32.1 Å². The first-order chi connectivity index (χ1) is 9.48. The first-order valence-corrected chi connectivity index (χ1v) is 7.36. The zero-order chi connectivity index (χ0) is 15.0. The summed E-state index contributed by atoms with van der Waals surface area (Å²) in [6.07, 6.45) is 6.00. The lowest BCUT2D eigenvalue weighted by molar-refractivity contribution is -0.137. The van der Waals surface area contributed by atoms with Crippen LogP contribution in [-0.2, 0) is 4.79 Å². The molecule has 1 atom stereocenters. The van der Waals surface area contributed by atoms with E-state index in [1.807, 2.05) is 6.92 Å². The Labute approximate surface area is 119 Å². The molecule has 1 aliphatic carbocycles. The molecule has 6 heteroatoms. The third-order valence-corrected chi connectivity index (χ3v) is 4.09. The summed E-state index contributed by atoms with van der Waals surface area (Å²) in [5, 5.41) is 23.6. The fourth-order valence-corrected chi connectivity index (χ4v) is 2.76. The predicted octanol–water partition coefficient (Wildman–Crippen LogP) is 1.48. The Morgan fingerprint density at radius 3 is 2.45 bits per heavy atom. The molecule has 0 heterocycles. The number of amides is 2. The van der Waals surface area contributed by atoms with Crippen molar-refractivity contribution in [3.63, 3.8) is 0 Å². The van der Waals surface area contributed by atoms with E-state index >= 15 is 0 Å². The number of urea groups is 1. The molecule has 6 nitrogen and oxygen atoms in total. The number of aliphatic carboxylic acids is 1. The smallest absolute Gasteiger partial charge is 0.315 e. The van der Waals surface area contributed by atoms with Crippen LogP contribution in [0.3, 0.4) is 0 Å². The highest BCUT2D eigenvalue weighted by Gasteiger charge is 2.35. The Kier molecular flexibility index (Phi) is 6.78. The van der Waals surface area contributed by atoms with E-state index in [1.54, 1.807) is 0 Å². The van der Waals surface area contributed by atoms with E-state index < -0.39 is 11.5 Å². The Bertz CT molecular complexity index is 329. The van der Waals surface area contributed by atoms with Crippen LogP contribution in [0.15, 0.2) is 0 Å². The zero-order valence-electron chi connectivity index (χ0n) is 12.2. The molecule has 1 fully saturated rings. The summed E-state index contributed by atoms with van der Waals surface area (Å²) in [6.45, 7) is 2.12. The molecular formula is C14H26N2O4. The topological polar surface area (TPSA) is 98.7 Å². The van der Waals surface area contributed by atoms with Gasteiger partial charge in [-0.15, -0.1) is 0 Å². The number of nitrogens with one attached hydrogen (secondary N) is 2. The van der Waals surface area contributed by atoms with E-state index in [0.717, 1.165) is 25.7 Å². The number of aliphatic hydroxyl groups excluding tert-OH is 1. The Balaban J connectivity index is 2.37. The molecule has 1 unspecified atom stereocenters. The molecule has 0 aromatic carbocycles. The lowest BCUT2D eigenvalue weighted by Gasteiger charge is -2.39. The zero-order valence-corrected chi connectivity index (χ0v) is 12.2. The minimum absolute atomic E-state index is 0.0418. The SMILES string of the molecule is CC(CO)(NC(=O)NCCCC(=O)O)C1CCCCC1. The van der Waals surface area contributed by atoms with Crippen LogP contribution in [0.5, 0.6) is 0 Å². The molecule has 0 spiro atoms. The summed E-state index contributed by atoms with van der Waals surface area (Å²) in [6, 6.07) is -0.336. The number of carbonyl (C=O) groups is 2. The van der Waals surface area contributed by atoms with Gasteiger partial charge in [0.1, 0.15) is 0 Å². The summed E-state index contributed by atoms with van der Waals surface area (Å²) in [5.41, 5.74) is -0.600. The molecule has 0 saturated heterocycles. The average Bonchev–Trinajstić information content (AvgIpc) is 2.44. The standard InChI is InChI=1S/C14H26N2O4/c1-14(10-17,11-6-3-2-4-7-11)16-13(20)15-9-5-8-12(18)19/h11,17H,2-10H2,1H3,(H,18,19)(H2,15,16,20). The number of carboxylic acids is 1. The van der Waals surface area contributed by atoms with Gasteiger partial charge in [0.2, 0.25) is 0 Å². The Morgan fingerprint density at radius 1 is 1.25 bits per heavy atom. The van der Waals surface area contributed by atoms with Gasteiger partial charge >= 0.3 is 12.0 Å². The number of hydrogen-bond acceptors (Lipinski definition) is 3. The molecule has 116 valence electrons. The van der Waals surface area contributed by atoms with E-state index in [4.69, 9.17) is 5.11 Å². The molecule has 0 aromatic rings. The van der Waals surface area contributed by atoms with E-state index in [-0.39, 0.29) is 19.1 Å². The van der Waals surface area contributed by atoms with Crippen LogP contribution in [0.1, 0.15) is 51.9 Å². The van der Waals surface area contributed by atoms with Crippen LogP contribution in [0.4, 0.5) is 4.79 Å². The van der Waals surface area contributed by atoms with Gasteiger partial charge in [-0.1, -0.05) is 19.3 Å². The van der Waals surface area contributed by atoms with E-state index in [0.29, 0.717) is 18.9 Å². The first-order valence-electron chi connectivity index (χ1n) is 7.36. The molecule has 0 radical (unpaired) electrons. The van der Waals surface area contributed by atoms with Crippen molar-refractivity contribution in [1.29, 1.82) is 0 Å². The maximum absolute atomic E-state index is 11.8. The van der Waals surface area contributed by atoms with Crippen LogP contribution in [0.2, 0.25) is 0 Å². The van der Waals surface area contributed by atoms with Crippen LogP contribution >= 0.6 is 0 Å². The van der Waals surface area contributed by atoms with Gasteiger partial charge < -0.3 is 20.8 Å². The van der Waals surface area contributed by atoms with Crippen molar-refractivity contribution >= 4 is 12.0 Å². The molecular weight excluding hydrogens is 260 g/mol. The lowest BCUT2D eigenvalue weighted by Crippen LogP contribution is -2.57. The number of rotatable bonds is 7.